The zero-order valence-corrected chi connectivity index (χ0v) is 11.3. The Hall–Kier alpha value is -0.540. The van der Waals surface area contributed by atoms with Gasteiger partial charge in [0.2, 0.25) is 0 Å². The topological polar surface area (TPSA) is 20.2 Å². The molecule has 2 unspecified atom stereocenters. The molecule has 2 aliphatic rings. The average molecular weight is 266 g/mol. The fourth-order valence-corrected chi connectivity index (χ4v) is 5.30. The van der Waals surface area contributed by atoms with Crippen molar-refractivity contribution in [3.05, 3.63) is 35.6 Å². The maximum atomic E-state index is 12.9. The lowest BCUT2D eigenvalue weighted by Crippen LogP contribution is -2.44. The summed E-state index contributed by atoms with van der Waals surface area (Å²) in [5.41, 5.74) is 0.475. The first-order valence-electron chi connectivity index (χ1n) is 6.75. The van der Waals surface area contributed by atoms with Crippen LogP contribution in [0.4, 0.5) is 4.39 Å². The molecule has 2 atom stereocenters. The first-order valence-corrected chi connectivity index (χ1v) is 7.70. The number of aliphatic hydroxyl groups is 1. The largest absolute Gasteiger partial charge is 0.389 e. The Labute approximate surface area is 112 Å². The van der Waals surface area contributed by atoms with E-state index in [0.29, 0.717) is 16.9 Å². The lowest BCUT2D eigenvalue weighted by atomic mass is 9.81. The average Bonchev–Trinajstić information content (AvgIpc) is 2.31. The van der Waals surface area contributed by atoms with E-state index >= 15 is 0 Å². The molecule has 1 aromatic rings. The highest BCUT2D eigenvalue weighted by atomic mass is 32.2. The molecule has 0 amide bonds. The van der Waals surface area contributed by atoms with Crippen LogP contribution in [-0.2, 0) is 6.42 Å². The molecular formula is C15H19FOS. The second-order valence-electron chi connectivity index (χ2n) is 5.75. The number of hydrogen-bond acceptors (Lipinski definition) is 2. The second-order valence-corrected chi connectivity index (χ2v) is 7.35. The first kappa shape index (κ1) is 12.5. The molecule has 0 aromatic heterocycles. The van der Waals surface area contributed by atoms with Gasteiger partial charge in [0, 0.05) is 16.9 Å². The molecule has 0 aliphatic carbocycles. The van der Waals surface area contributed by atoms with Gasteiger partial charge in [-0.05, 0) is 43.4 Å². The summed E-state index contributed by atoms with van der Waals surface area (Å²) in [6.07, 6.45) is 6.26. The maximum Gasteiger partial charge on any atom is 0.123 e. The summed E-state index contributed by atoms with van der Waals surface area (Å²) in [5.74, 6) is -0.207. The summed E-state index contributed by atoms with van der Waals surface area (Å²) in [6.45, 7) is 0. The van der Waals surface area contributed by atoms with Crippen LogP contribution in [0, 0.1) is 5.82 Å². The summed E-state index contributed by atoms with van der Waals surface area (Å²) in [4.78, 5) is 0. The van der Waals surface area contributed by atoms with E-state index in [9.17, 15) is 9.50 Å². The Morgan fingerprint density at radius 3 is 2.39 bits per heavy atom. The Balaban J connectivity index is 1.72. The van der Waals surface area contributed by atoms with Gasteiger partial charge in [0.15, 0.2) is 0 Å². The van der Waals surface area contributed by atoms with Crippen LogP contribution in [0.1, 0.15) is 37.7 Å². The van der Waals surface area contributed by atoms with Crippen molar-refractivity contribution in [3.8, 4) is 0 Å². The summed E-state index contributed by atoms with van der Waals surface area (Å²) in [7, 11) is 0. The van der Waals surface area contributed by atoms with Crippen LogP contribution in [0.2, 0.25) is 0 Å². The van der Waals surface area contributed by atoms with Gasteiger partial charge in [0.05, 0.1) is 5.60 Å². The number of rotatable bonds is 2. The third kappa shape index (κ3) is 2.72. The molecule has 1 N–H and O–H groups in total. The number of benzene rings is 1. The van der Waals surface area contributed by atoms with Gasteiger partial charge in [0.25, 0.3) is 0 Å². The van der Waals surface area contributed by atoms with Crippen molar-refractivity contribution in [1.82, 2.24) is 0 Å². The fraction of sp³-hybridized carbons (Fsp3) is 0.600. The Morgan fingerprint density at radius 1 is 1.17 bits per heavy atom. The first-order chi connectivity index (χ1) is 8.63. The van der Waals surface area contributed by atoms with E-state index in [1.165, 1.54) is 31.4 Å². The van der Waals surface area contributed by atoms with Crippen LogP contribution in [0.5, 0.6) is 0 Å². The van der Waals surface area contributed by atoms with Crippen LogP contribution in [0.3, 0.4) is 0 Å². The normalized spacial score (nSPS) is 35.4. The Morgan fingerprint density at radius 2 is 1.78 bits per heavy atom. The van der Waals surface area contributed by atoms with E-state index < -0.39 is 5.60 Å². The minimum Gasteiger partial charge on any atom is -0.389 e. The van der Waals surface area contributed by atoms with Crippen molar-refractivity contribution in [3.63, 3.8) is 0 Å². The molecule has 0 saturated carbocycles. The van der Waals surface area contributed by atoms with Crippen LogP contribution in [0.25, 0.3) is 0 Å². The molecule has 1 nitrogen and oxygen atoms in total. The SMILES string of the molecule is OC1(Cc2ccc(F)cc2)CC2CCCC(C1)S2. The molecule has 2 saturated heterocycles. The molecule has 0 spiro atoms. The van der Waals surface area contributed by atoms with Crippen molar-refractivity contribution in [2.24, 2.45) is 0 Å². The van der Waals surface area contributed by atoms with Gasteiger partial charge in [-0.25, -0.2) is 4.39 Å². The number of thioether (sulfide) groups is 1. The summed E-state index contributed by atoms with van der Waals surface area (Å²) < 4.78 is 12.9. The Kier molecular flexibility index (Phi) is 3.37. The van der Waals surface area contributed by atoms with Crippen LogP contribution >= 0.6 is 11.8 Å². The van der Waals surface area contributed by atoms with Gasteiger partial charge in [-0.15, -0.1) is 0 Å². The van der Waals surface area contributed by atoms with Crippen molar-refractivity contribution >= 4 is 11.8 Å². The number of fused-ring (bicyclic) bond motifs is 2. The second kappa shape index (κ2) is 4.86. The van der Waals surface area contributed by atoms with Gasteiger partial charge in [-0.3, -0.25) is 0 Å². The monoisotopic (exact) mass is 266 g/mol. The van der Waals surface area contributed by atoms with Crippen LogP contribution < -0.4 is 0 Å². The minimum atomic E-state index is -0.571. The standard InChI is InChI=1S/C15H19FOS/c16-12-6-4-11(5-7-12)8-15(17)9-13-2-1-3-14(10-15)18-13/h4-7,13-14,17H,1-3,8-10H2. The quantitative estimate of drug-likeness (QED) is 0.883. The van der Waals surface area contributed by atoms with E-state index in [1.54, 1.807) is 12.1 Å². The Bertz CT molecular complexity index is 405. The lowest BCUT2D eigenvalue weighted by molar-refractivity contribution is 0.0130. The van der Waals surface area contributed by atoms with E-state index in [-0.39, 0.29) is 5.82 Å². The minimum absolute atomic E-state index is 0.207. The van der Waals surface area contributed by atoms with Crippen molar-refractivity contribution < 1.29 is 9.50 Å². The van der Waals surface area contributed by atoms with E-state index in [4.69, 9.17) is 0 Å². The highest BCUT2D eigenvalue weighted by Gasteiger charge is 2.41. The van der Waals surface area contributed by atoms with Gasteiger partial charge in [-0.2, -0.15) is 11.8 Å². The van der Waals surface area contributed by atoms with Crippen molar-refractivity contribution in [1.29, 1.82) is 0 Å². The molecule has 2 heterocycles. The summed E-state index contributed by atoms with van der Waals surface area (Å²) >= 11 is 2.07. The molecule has 2 fully saturated rings. The molecule has 3 rings (SSSR count). The van der Waals surface area contributed by atoms with E-state index in [2.05, 4.69) is 11.8 Å². The third-order valence-electron chi connectivity index (χ3n) is 4.10. The molecule has 2 aliphatic heterocycles. The number of hydrogen-bond donors (Lipinski definition) is 1. The van der Waals surface area contributed by atoms with Gasteiger partial charge in [-0.1, -0.05) is 18.6 Å². The van der Waals surface area contributed by atoms with Crippen LogP contribution in [-0.4, -0.2) is 21.2 Å². The summed E-state index contributed by atoms with van der Waals surface area (Å²) in [6, 6.07) is 6.56. The molecule has 1 aromatic carbocycles. The molecule has 2 bridgehead atoms. The maximum absolute atomic E-state index is 12.9. The zero-order chi connectivity index (χ0) is 12.6. The lowest BCUT2D eigenvalue weighted by Gasteiger charge is -2.44. The van der Waals surface area contributed by atoms with E-state index in [0.717, 1.165) is 18.4 Å². The molecule has 98 valence electrons. The van der Waals surface area contributed by atoms with Gasteiger partial charge in [0.1, 0.15) is 5.82 Å². The predicted molar refractivity (Wildman–Crippen MR) is 73.3 cm³/mol. The van der Waals surface area contributed by atoms with E-state index in [1.807, 2.05) is 0 Å². The summed E-state index contributed by atoms with van der Waals surface area (Å²) in [5, 5.41) is 12.0. The number of halogens is 1. The van der Waals surface area contributed by atoms with Crippen LogP contribution in [0.15, 0.2) is 24.3 Å². The molecule has 0 radical (unpaired) electrons. The van der Waals surface area contributed by atoms with Crippen molar-refractivity contribution in [2.45, 2.75) is 54.6 Å². The van der Waals surface area contributed by atoms with Gasteiger partial charge >= 0.3 is 0 Å². The molecule has 18 heavy (non-hydrogen) atoms. The zero-order valence-electron chi connectivity index (χ0n) is 10.4. The fourth-order valence-electron chi connectivity index (χ4n) is 3.34. The highest BCUT2D eigenvalue weighted by molar-refractivity contribution is 8.00. The highest BCUT2D eigenvalue weighted by Crippen LogP contribution is 2.46. The van der Waals surface area contributed by atoms with Crippen molar-refractivity contribution in [2.75, 3.05) is 0 Å². The third-order valence-corrected chi connectivity index (χ3v) is 5.67. The molecular weight excluding hydrogens is 247 g/mol. The molecule has 3 heteroatoms. The predicted octanol–water partition coefficient (Wildman–Crippen LogP) is 3.55. The van der Waals surface area contributed by atoms with Gasteiger partial charge < -0.3 is 5.11 Å². The smallest absolute Gasteiger partial charge is 0.123 e.